The van der Waals surface area contributed by atoms with Crippen molar-refractivity contribution in [3.8, 4) is 5.88 Å². The highest BCUT2D eigenvalue weighted by atomic mass is 35.5. The zero-order chi connectivity index (χ0) is 18.1. The lowest BCUT2D eigenvalue weighted by Gasteiger charge is -2.24. The fourth-order valence-corrected chi connectivity index (χ4v) is 2.54. The largest absolute Gasteiger partial charge is 0.477 e. The molecular formula is C15H20ClN3O5. The molecule has 0 bridgehead atoms. The average Bonchev–Trinajstić information content (AvgIpc) is 2.83. The number of pyridine rings is 1. The minimum absolute atomic E-state index is 0.0491. The summed E-state index contributed by atoms with van der Waals surface area (Å²) in [5.41, 5.74) is 4.76. The maximum Gasteiger partial charge on any atom is 0.410 e. The number of carbonyl (C=O) groups excluding carboxylic acids is 1. The standard InChI is InChI=1S/C15H20ClN3O5/c1-15(2,3)24-14(22)19-5-4-8(7-19)23-12-11(13(20)21)9(16)6-10(17)18-12/h6,8H,4-5,7H2,1-3H3,(H2,17,18)(H,20,21). The van der Waals surface area contributed by atoms with Crippen molar-refractivity contribution in [1.82, 2.24) is 9.88 Å². The van der Waals surface area contributed by atoms with Crippen LogP contribution < -0.4 is 10.5 Å². The molecule has 1 aromatic heterocycles. The van der Waals surface area contributed by atoms with Crippen molar-refractivity contribution in [3.63, 3.8) is 0 Å². The Morgan fingerprint density at radius 3 is 2.71 bits per heavy atom. The molecule has 2 heterocycles. The summed E-state index contributed by atoms with van der Waals surface area (Å²) in [6, 6.07) is 1.25. The minimum atomic E-state index is -1.26. The molecule has 1 aliphatic rings. The molecular weight excluding hydrogens is 338 g/mol. The number of amides is 1. The second-order valence-electron chi connectivity index (χ2n) is 6.47. The molecule has 1 fully saturated rings. The molecule has 1 saturated heterocycles. The van der Waals surface area contributed by atoms with E-state index in [0.717, 1.165) is 0 Å². The molecule has 1 unspecified atom stereocenters. The Hall–Kier alpha value is -2.22. The molecule has 0 aromatic carbocycles. The van der Waals surface area contributed by atoms with Crippen molar-refractivity contribution in [1.29, 1.82) is 0 Å². The number of anilines is 1. The molecule has 2 rings (SSSR count). The first kappa shape index (κ1) is 18.1. The van der Waals surface area contributed by atoms with E-state index in [1.165, 1.54) is 11.0 Å². The lowest BCUT2D eigenvalue weighted by Crippen LogP contribution is -2.36. The van der Waals surface area contributed by atoms with Crippen molar-refractivity contribution < 1.29 is 24.2 Å². The summed E-state index contributed by atoms with van der Waals surface area (Å²) < 4.78 is 10.9. The van der Waals surface area contributed by atoms with Crippen LogP contribution in [-0.4, -0.2) is 51.8 Å². The van der Waals surface area contributed by atoms with Crippen LogP contribution in [0.2, 0.25) is 5.02 Å². The number of ether oxygens (including phenoxy) is 2. The first-order valence-corrected chi connectivity index (χ1v) is 7.78. The second-order valence-corrected chi connectivity index (χ2v) is 6.88. The van der Waals surface area contributed by atoms with Crippen molar-refractivity contribution in [2.24, 2.45) is 0 Å². The van der Waals surface area contributed by atoms with Crippen molar-refractivity contribution >= 4 is 29.5 Å². The van der Waals surface area contributed by atoms with E-state index < -0.39 is 23.8 Å². The fourth-order valence-electron chi connectivity index (χ4n) is 2.26. The summed E-state index contributed by atoms with van der Waals surface area (Å²) in [6.07, 6.45) is -0.335. The highest BCUT2D eigenvalue weighted by Crippen LogP contribution is 2.29. The molecule has 0 saturated carbocycles. The number of rotatable bonds is 3. The van der Waals surface area contributed by atoms with E-state index in [0.29, 0.717) is 13.0 Å². The predicted octanol–water partition coefficient (Wildman–Crippen LogP) is 2.40. The number of carboxylic acids is 1. The van der Waals surface area contributed by atoms with Gasteiger partial charge in [-0.25, -0.2) is 9.59 Å². The van der Waals surface area contributed by atoms with Gasteiger partial charge in [0.05, 0.1) is 11.6 Å². The van der Waals surface area contributed by atoms with Gasteiger partial charge in [-0.3, -0.25) is 0 Å². The molecule has 132 valence electrons. The smallest absolute Gasteiger partial charge is 0.410 e. The van der Waals surface area contributed by atoms with E-state index in [1.807, 2.05) is 0 Å². The number of aromatic nitrogens is 1. The lowest BCUT2D eigenvalue weighted by molar-refractivity contribution is 0.0273. The summed E-state index contributed by atoms with van der Waals surface area (Å²) in [7, 11) is 0. The Kier molecular flexibility index (Phi) is 5.08. The van der Waals surface area contributed by atoms with Gasteiger partial charge in [0.15, 0.2) is 0 Å². The molecule has 0 aliphatic carbocycles. The molecule has 24 heavy (non-hydrogen) atoms. The van der Waals surface area contributed by atoms with E-state index in [4.69, 9.17) is 26.8 Å². The zero-order valence-corrected chi connectivity index (χ0v) is 14.5. The molecule has 1 aromatic rings. The topological polar surface area (TPSA) is 115 Å². The molecule has 0 radical (unpaired) electrons. The van der Waals surface area contributed by atoms with Crippen LogP contribution in [-0.2, 0) is 4.74 Å². The van der Waals surface area contributed by atoms with Crippen LogP contribution >= 0.6 is 11.6 Å². The summed E-state index contributed by atoms with van der Waals surface area (Å²) >= 11 is 5.90. The quantitative estimate of drug-likeness (QED) is 0.853. The van der Waals surface area contributed by atoms with Gasteiger partial charge in [-0.15, -0.1) is 0 Å². The number of halogens is 1. The van der Waals surface area contributed by atoms with E-state index in [-0.39, 0.29) is 28.8 Å². The summed E-state index contributed by atoms with van der Waals surface area (Å²) in [5.74, 6) is -1.35. The average molecular weight is 358 g/mol. The van der Waals surface area contributed by atoms with Crippen LogP contribution in [0.25, 0.3) is 0 Å². The van der Waals surface area contributed by atoms with Gasteiger partial charge in [-0.1, -0.05) is 11.6 Å². The summed E-state index contributed by atoms with van der Waals surface area (Å²) in [6.45, 7) is 6.06. The Labute approximate surface area is 144 Å². The van der Waals surface area contributed by atoms with E-state index in [9.17, 15) is 14.7 Å². The minimum Gasteiger partial charge on any atom is -0.477 e. The third kappa shape index (κ3) is 4.41. The van der Waals surface area contributed by atoms with Gasteiger partial charge in [0.25, 0.3) is 0 Å². The summed E-state index contributed by atoms with van der Waals surface area (Å²) in [4.78, 5) is 28.8. The van der Waals surface area contributed by atoms with Crippen LogP contribution in [0.4, 0.5) is 10.6 Å². The number of hydrogen-bond donors (Lipinski definition) is 2. The molecule has 1 aliphatic heterocycles. The zero-order valence-electron chi connectivity index (χ0n) is 13.7. The third-order valence-corrected chi connectivity index (χ3v) is 3.54. The molecule has 1 amide bonds. The van der Waals surface area contributed by atoms with Crippen LogP contribution in [0.15, 0.2) is 6.07 Å². The first-order valence-electron chi connectivity index (χ1n) is 7.40. The van der Waals surface area contributed by atoms with Crippen molar-refractivity contribution in [2.45, 2.75) is 38.9 Å². The number of carbonyl (C=O) groups is 2. The molecule has 0 spiro atoms. The number of aromatic carboxylic acids is 1. The second kappa shape index (κ2) is 6.72. The normalized spacial score (nSPS) is 17.7. The fraction of sp³-hybridized carbons (Fsp3) is 0.533. The highest BCUT2D eigenvalue weighted by molar-refractivity contribution is 6.34. The van der Waals surface area contributed by atoms with Gasteiger partial charge in [0.1, 0.15) is 23.1 Å². The Morgan fingerprint density at radius 1 is 1.46 bits per heavy atom. The number of carboxylic acid groups (broad SMARTS) is 1. The third-order valence-electron chi connectivity index (χ3n) is 3.25. The molecule has 9 heteroatoms. The van der Waals surface area contributed by atoms with E-state index in [2.05, 4.69) is 4.98 Å². The Bertz CT molecular complexity index is 659. The van der Waals surface area contributed by atoms with Gasteiger partial charge < -0.3 is 25.2 Å². The van der Waals surface area contributed by atoms with Gasteiger partial charge in [0, 0.05) is 19.0 Å². The molecule has 8 nitrogen and oxygen atoms in total. The van der Waals surface area contributed by atoms with Crippen LogP contribution in [0.1, 0.15) is 37.6 Å². The number of nitrogen functional groups attached to an aromatic ring is 1. The van der Waals surface area contributed by atoms with Gasteiger partial charge >= 0.3 is 12.1 Å². The lowest BCUT2D eigenvalue weighted by atomic mass is 10.2. The van der Waals surface area contributed by atoms with Crippen LogP contribution in [0.3, 0.4) is 0 Å². The Morgan fingerprint density at radius 2 is 2.12 bits per heavy atom. The maximum absolute atomic E-state index is 12.0. The molecule has 3 N–H and O–H groups in total. The van der Waals surface area contributed by atoms with E-state index >= 15 is 0 Å². The number of likely N-dealkylation sites (tertiary alicyclic amines) is 1. The summed E-state index contributed by atoms with van der Waals surface area (Å²) in [5, 5.41) is 9.20. The monoisotopic (exact) mass is 357 g/mol. The van der Waals surface area contributed by atoms with E-state index in [1.54, 1.807) is 20.8 Å². The van der Waals surface area contributed by atoms with Gasteiger partial charge in [-0.2, -0.15) is 4.98 Å². The number of hydrogen-bond acceptors (Lipinski definition) is 6. The maximum atomic E-state index is 12.0. The van der Waals surface area contributed by atoms with Crippen LogP contribution in [0.5, 0.6) is 5.88 Å². The van der Waals surface area contributed by atoms with Gasteiger partial charge in [0.2, 0.25) is 5.88 Å². The Balaban J connectivity index is 2.09. The highest BCUT2D eigenvalue weighted by Gasteiger charge is 2.32. The first-order chi connectivity index (χ1) is 11.1. The van der Waals surface area contributed by atoms with Crippen LogP contribution in [0, 0.1) is 0 Å². The van der Waals surface area contributed by atoms with Crippen molar-refractivity contribution in [2.75, 3.05) is 18.8 Å². The molecule has 1 atom stereocenters. The van der Waals surface area contributed by atoms with Crippen molar-refractivity contribution in [3.05, 3.63) is 16.7 Å². The SMILES string of the molecule is CC(C)(C)OC(=O)N1CCC(Oc2nc(N)cc(Cl)c2C(=O)O)C1. The number of nitrogens with zero attached hydrogens (tertiary/aromatic N) is 2. The predicted molar refractivity (Wildman–Crippen MR) is 87.5 cm³/mol. The van der Waals surface area contributed by atoms with Gasteiger partial charge in [-0.05, 0) is 20.8 Å². The number of nitrogens with two attached hydrogens (primary N) is 1.